The summed E-state index contributed by atoms with van der Waals surface area (Å²) in [5.74, 6) is 0. The third-order valence-electron chi connectivity index (χ3n) is 2.84. The van der Waals surface area contributed by atoms with Crippen molar-refractivity contribution in [2.75, 3.05) is 18.0 Å². The van der Waals surface area contributed by atoms with E-state index in [1.807, 2.05) is 13.1 Å². The van der Waals surface area contributed by atoms with Crippen LogP contribution in [0.4, 0.5) is 5.13 Å². The lowest BCUT2D eigenvalue weighted by molar-refractivity contribution is 0.726. The largest absolute Gasteiger partial charge is 0.348 e. The number of thiazole rings is 1. The molecule has 0 saturated carbocycles. The highest BCUT2D eigenvalue weighted by atomic mass is 32.1. The van der Waals surface area contributed by atoms with E-state index in [1.165, 1.54) is 30.6 Å². The standard InChI is InChI=1S/C11H19N3S/c1-9(12)10-8-13-11(15-10)14-6-4-2-3-5-7-14/h8-9H,2-7,12H2,1H3. The quantitative estimate of drug-likeness (QED) is 0.841. The highest BCUT2D eigenvalue weighted by Crippen LogP contribution is 2.27. The van der Waals surface area contributed by atoms with Gasteiger partial charge in [0.05, 0.1) is 0 Å². The zero-order valence-corrected chi connectivity index (χ0v) is 10.1. The molecule has 1 aliphatic heterocycles. The van der Waals surface area contributed by atoms with Gasteiger partial charge in [0.25, 0.3) is 0 Å². The number of nitrogens with zero attached hydrogens (tertiary/aromatic N) is 2. The number of aromatic nitrogens is 1. The Labute approximate surface area is 95.3 Å². The molecule has 0 bridgehead atoms. The van der Waals surface area contributed by atoms with Crippen LogP contribution in [-0.2, 0) is 0 Å². The first kappa shape index (κ1) is 10.9. The summed E-state index contributed by atoms with van der Waals surface area (Å²) in [5.41, 5.74) is 5.84. The molecule has 1 unspecified atom stereocenters. The molecule has 2 heterocycles. The van der Waals surface area contributed by atoms with E-state index in [4.69, 9.17) is 5.73 Å². The van der Waals surface area contributed by atoms with Crippen LogP contribution in [0.1, 0.15) is 43.5 Å². The fourth-order valence-corrected chi connectivity index (χ4v) is 2.81. The Kier molecular flexibility index (Phi) is 3.59. The van der Waals surface area contributed by atoms with Gasteiger partial charge in [-0.2, -0.15) is 0 Å². The molecule has 15 heavy (non-hydrogen) atoms. The van der Waals surface area contributed by atoms with E-state index < -0.39 is 0 Å². The average Bonchev–Trinajstić information content (AvgIpc) is 2.55. The zero-order valence-electron chi connectivity index (χ0n) is 9.28. The summed E-state index contributed by atoms with van der Waals surface area (Å²) in [6, 6.07) is 0.114. The van der Waals surface area contributed by atoms with E-state index in [9.17, 15) is 0 Å². The summed E-state index contributed by atoms with van der Waals surface area (Å²) in [6.07, 6.45) is 7.25. The van der Waals surface area contributed by atoms with Gasteiger partial charge < -0.3 is 10.6 Å². The Hall–Kier alpha value is -0.610. The van der Waals surface area contributed by atoms with Crippen molar-refractivity contribution < 1.29 is 0 Å². The lowest BCUT2D eigenvalue weighted by Gasteiger charge is -2.18. The molecule has 2 rings (SSSR count). The summed E-state index contributed by atoms with van der Waals surface area (Å²) in [7, 11) is 0. The van der Waals surface area contributed by atoms with Crippen molar-refractivity contribution in [2.24, 2.45) is 5.73 Å². The highest BCUT2D eigenvalue weighted by Gasteiger charge is 2.14. The van der Waals surface area contributed by atoms with Gasteiger partial charge >= 0.3 is 0 Å². The van der Waals surface area contributed by atoms with Crippen molar-refractivity contribution in [1.82, 2.24) is 4.98 Å². The normalized spacial score (nSPS) is 20.0. The topological polar surface area (TPSA) is 42.1 Å². The summed E-state index contributed by atoms with van der Waals surface area (Å²) in [5, 5.41) is 1.16. The molecular formula is C11H19N3S. The third-order valence-corrected chi connectivity index (χ3v) is 4.10. The molecule has 0 spiro atoms. The lowest BCUT2D eigenvalue weighted by atomic mass is 10.2. The summed E-state index contributed by atoms with van der Waals surface area (Å²) < 4.78 is 0. The van der Waals surface area contributed by atoms with E-state index >= 15 is 0 Å². The van der Waals surface area contributed by atoms with Gasteiger partial charge in [0, 0.05) is 30.2 Å². The minimum absolute atomic E-state index is 0.114. The second kappa shape index (κ2) is 4.94. The minimum Gasteiger partial charge on any atom is -0.348 e. The summed E-state index contributed by atoms with van der Waals surface area (Å²) >= 11 is 1.75. The van der Waals surface area contributed by atoms with E-state index in [0.29, 0.717) is 0 Å². The Morgan fingerprint density at radius 2 is 2.00 bits per heavy atom. The number of hydrogen-bond acceptors (Lipinski definition) is 4. The van der Waals surface area contributed by atoms with Gasteiger partial charge in [-0.1, -0.05) is 12.8 Å². The van der Waals surface area contributed by atoms with Crippen LogP contribution in [0.2, 0.25) is 0 Å². The predicted molar refractivity (Wildman–Crippen MR) is 65.4 cm³/mol. The molecule has 1 saturated heterocycles. The average molecular weight is 225 g/mol. The van der Waals surface area contributed by atoms with E-state index in [1.54, 1.807) is 11.3 Å². The highest BCUT2D eigenvalue weighted by molar-refractivity contribution is 7.15. The fourth-order valence-electron chi connectivity index (χ4n) is 1.90. The first-order valence-electron chi connectivity index (χ1n) is 5.73. The van der Waals surface area contributed by atoms with Crippen molar-refractivity contribution >= 4 is 16.5 Å². The first-order chi connectivity index (χ1) is 7.27. The molecule has 1 aromatic rings. The molecule has 1 aliphatic rings. The second-order valence-electron chi connectivity index (χ2n) is 4.24. The molecule has 84 valence electrons. The molecule has 3 nitrogen and oxygen atoms in total. The smallest absolute Gasteiger partial charge is 0.185 e. The van der Waals surface area contributed by atoms with Crippen molar-refractivity contribution in [3.63, 3.8) is 0 Å². The molecular weight excluding hydrogens is 206 g/mol. The Balaban J connectivity index is 2.06. The fraction of sp³-hybridized carbons (Fsp3) is 0.727. The minimum atomic E-state index is 0.114. The zero-order chi connectivity index (χ0) is 10.7. The molecule has 1 aromatic heterocycles. The van der Waals surface area contributed by atoms with Crippen molar-refractivity contribution in [1.29, 1.82) is 0 Å². The van der Waals surface area contributed by atoms with Crippen LogP contribution >= 0.6 is 11.3 Å². The Bertz CT molecular complexity index is 301. The van der Waals surface area contributed by atoms with Crippen LogP contribution in [-0.4, -0.2) is 18.1 Å². The summed E-state index contributed by atoms with van der Waals surface area (Å²) in [6.45, 7) is 4.33. The second-order valence-corrected chi connectivity index (χ2v) is 5.28. The van der Waals surface area contributed by atoms with Crippen molar-refractivity contribution in [3.05, 3.63) is 11.1 Å². The molecule has 1 fully saturated rings. The number of hydrogen-bond donors (Lipinski definition) is 1. The number of anilines is 1. The van der Waals surface area contributed by atoms with E-state index in [2.05, 4.69) is 9.88 Å². The van der Waals surface area contributed by atoms with Crippen LogP contribution < -0.4 is 10.6 Å². The Morgan fingerprint density at radius 3 is 2.53 bits per heavy atom. The molecule has 0 amide bonds. The van der Waals surface area contributed by atoms with Crippen LogP contribution in [0.15, 0.2) is 6.20 Å². The first-order valence-corrected chi connectivity index (χ1v) is 6.55. The maximum atomic E-state index is 5.84. The van der Waals surface area contributed by atoms with Gasteiger partial charge in [-0.25, -0.2) is 4.98 Å². The number of rotatable bonds is 2. The van der Waals surface area contributed by atoms with E-state index in [0.717, 1.165) is 18.2 Å². The van der Waals surface area contributed by atoms with Crippen LogP contribution in [0.25, 0.3) is 0 Å². The molecule has 1 atom stereocenters. The monoisotopic (exact) mass is 225 g/mol. The maximum Gasteiger partial charge on any atom is 0.185 e. The van der Waals surface area contributed by atoms with Gasteiger partial charge in [-0.3, -0.25) is 0 Å². The lowest BCUT2D eigenvalue weighted by Crippen LogP contribution is -2.23. The SMILES string of the molecule is CC(N)c1cnc(N2CCCCCC2)s1. The van der Waals surface area contributed by atoms with E-state index in [-0.39, 0.29) is 6.04 Å². The molecule has 0 radical (unpaired) electrons. The van der Waals surface area contributed by atoms with Gasteiger partial charge in [-0.15, -0.1) is 11.3 Å². The number of nitrogens with two attached hydrogens (primary N) is 1. The van der Waals surface area contributed by atoms with Crippen LogP contribution in [0.5, 0.6) is 0 Å². The van der Waals surface area contributed by atoms with Crippen molar-refractivity contribution in [2.45, 2.75) is 38.6 Å². The summed E-state index contributed by atoms with van der Waals surface area (Å²) in [4.78, 5) is 8.06. The Morgan fingerprint density at radius 1 is 1.33 bits per heavy atom. The van der Waals surface area contributed by atoms with Crippen LogP contribution in [0.3, 0.4) is 0 Å². The molecule has 0 aliphatic carbocycles. The predicted octanol–water partition coefficient (Wildman–Crippen LogP) is 2.54. The molecule has 2 N–H and O–H groups in total. The van der Waals surface area contributed by atoms with Gasteiger partial charge in [0.1, 0.15) is 0 Å². The van der Waals surface area contributed by atoms with Gasteiger partial charge in [-0.05, 0) is 19.8 Å². The van der Waals surface area contributed by atoms with Crippen molar-refractivity contribution in [3.8, 4) is 0 Å². The maximum absolute atomic E-state index is 5.84. The molecule has 0 aromatic carbocycles. The third kappa shape index (κ3) is 2.69. The molecule has 4 heteroatoms. The van der Waals surface area contributed by atoms with Gasteiger partial charge in [0.15, 0.2) is 5.13 Å². The van der Waals surface area contributed by atoms with Gasteiger partial charge in [0.2, 0.25) is 0 Å². The van der Waals surface area contributed by atoms with Crippen LogP contribution in [0, 0.1) is 0 Å².